The number of benzene rings is 1. The SMILES string of the molecule is C[C@H]1CCCN1C(=O)Nc1ccc(F)c(-c2ccn3c(N4CCOCC4)cnc3n2)c1. The van der Waals surface area contributed by atoms with E-state index in [-0.39, 0.29) is 12.1 Å². The van der Waals surface area contributed by atoms with Crippen LogP contribution in [0, 0.1) is 5.82 Å². The third-order valence-electron chi connectivity index (χ3n) is 6.00. The minimum absolute atomic E-state index is 0.158. The van der Waals surface area contributed by atoms with Crippen molar-refractivity contribution in [1.29, 1.82) is 0 Å². The first-order valence-electron chi connectivity index (χ1n) is 10.6. The maximum absolute atomic E-state index is 14.6. The Kier molecular flexibility index (Phi) is 5.19. The van der Waals surface area contributed by atoms with Gasteiger partial charge in [0.1, 0.15) is 11.6 Å². The Morgan fingerprint density at radius 1 is 1.23 bits per heavy atom. The summed E-state index contributed by atoms with van der Waals surface area (Å²) >= 11 is 0. The van der Waals surface area contributed by atoms with Gasteiger partial charge in [0.15, 0.2) is 0 Å². The van der Waals surface area contributed by atoms with Gasteiger partial charge in [-0.1, -0.05) is 0 Å². The highest BCUT2D eigenvalue weighted by Gasteiger charge is 2.25. The van der Waals surface area contributed by atoms with Gasteiger partial charge >= 0.3 is 6.03 Å². The molecule has 0 radical (unpaired) electrons. The number of nitrogens with one attached hydrogen (secondary N) is 1. The quantitative estimate of drug-likeness (QED) is 0.698. The maximum atomic E-state index is 14.6. The third-order valence-corrected chi connectivity index (χ3v) is 6.00. The molecule has 162 valence electrons. The summed E-state index contributed by atoms with van der Waals surface area (Å²) in [5.41, 5.74) is 1.33. The van der Waals surface area contributed by atoms with Gasteiger partial charge in [0, 0.05) is 43.1 Å². The Bertz CT molecular complexity index is 1110. The van der Waals surface area contributed by atoms with Gasteiger partial charge in [-0.3, -0.25) is 4.40 Å². The molecule has 5 rings (SSSR count). The second-order valence-corrected chi connectivity index (χ2v) is 8.01. The molecule has 9 heteroatoms. The van der Waals surface area contributed by atoms with E-state index in [9.17, 15) is 9.18 Å². The molecule has 2 aromatic heterocycles. The molecule has 2 saturated heterocycles. The molecule has 4 heterocycles. The van der Waals surface area contributed by atoms with Crippen LogP contribution in [0.5, 0.6) is 0 Å². The Hall–Kier alpha value is -3.20. The van der Waals surface area contributed by atoms with Crippen LogP contribution in [0.2, 0.25) is 0 Å². The average molecular weight is 424 g/mol. The molecule has 2 aliphatic heterocycles. The second-order valence-electron chi connectivity index (χ2n) is 8.01. The van der Waals surface area contributed by atoms with Crippen molar-refractivity contribution in [2.24, 2.45) is 0 Å². The molecular formula is C22H25FN6O2. The number of amides is 2. The molecular weight excluding hydrogens is 399 g/mol. The van der Waals surface area contributed by atoms with Gasteiger partial charge in [0.2, 0.25) is 5.78 Å². The van der Waals surface area contributed by atoms with Crippen LogP contribution in [0.1, 0.15) is 19.8 Å². The van der Waals surface area contributed by atoms with Crippen molar-refractivity contribution >= 4 is 23.3 Å². The Balaban J connectivity index is 1.41. The van der Waals surface area contributed by atoms with E-state index < -0.39 is 5.82 Å². The Morgan fingerprint density at radius 3 is 2.84 bits per heavy atom. The van der Waals surface area contributed by atoms with E-state index in [0.717, 1.165) is 38.3 Å². The van der Waals surface area contributed by atoms with Gasteiger partial charge in [-0.2, -0.15) is 0 Å². The summed E-state index contributed by atoms with van der Waals surface area (Å²) < 4.78 is 22.0. The number of nitrogens with zero attached hydrogens (tertiary/aromatic N) is 5. The minimum atomic E-state index is -0.399. The highest BCUT2D eigenvalue weighted by Crippen LogP contribution is 2.27. The molecule has 1 aromatic carbocycles. The van der Waals surface area contributed by atoms with Crippen molar-refractivity contribution in [3.63, 3.8) is 0 Å². The molecule has 0 aliphatic carbocycles. The summed E-state index contributed by atoms with van der Waals surface area (Å²) in [7, 11) is 0. The van der Waals surface area contributed by atoms with Crippen LogP contribution in [0.4, 0.5) is 20.7 Å². The van der Waals surface area contributed by atoms with E-state index >= 15 is 0 Å². The summed E-state index contributed by atoms with van der Waals surface area (Å²) in [6.07, 6.45) is 5.64. The van der Waals surface area contributed by atoms with Crippen LogP contribution >= 0.6 is 0 Å². The van der Waals surface area contributed by atoms with Gasteiger partial charge in [-0.15, -0.1) is 0 Å². The van der Waals surface area contributed by atoms with Crippen molar-refractivity contribution in [3.05, 3.63) is 42.5 Å². The van der Waals surface area contributed by atoms with E-state index in [1.165, 1.54) is 6.07 Å². The maximum Gasteiger partial charge on any atom is 0.322 e. The molecule has 2 fully saturated rings. The number of urea groups is 1. The molecule has 3 aromatic rings. The van der Waals surface area contributed by atoms with Crippen LogP contribution < -0.4 is 10.2 Å². The van der Waals surface area contributed by atoms with E-state index in [1.54, 1.807) is 24.4 Å². The molecule has 1 atom stereocenters. The van der Waals surface area contributed by atoms with Crippen molar-refractivity contribution in [2.75, 3.05) is 43.1 Å². The van der Waals surface area contributed by atoms with Crippen LogP contribution in [0.15, 0.2) is 36.7 Å². The lowest BCUT2D eigenvalue weighted by molar-refractivity contribution is 0.122. The zero-order valence-electron chi connectivity index (χ0n) is 17.4. The van der Waals surface area contributed by atoms with E-state index in [2.05, 4.69) is 20.2 Å². The van der Waals surface area contributed by atoms with E-state index in [0.29, 0.717) is 35.9 Å². The monoisotopic (exact) mass is 424 g/mol. The molecule has 0 unspecified atom stereocenters. The van der Waals surface area contributed by atoms with E-state index in [1.807, 2.05) is 22.4 Å². The summed E-state index contributed by atoms with van der Waals surface area (Å²) in [4.78, 5) is 25.5. The molecule has 0 bridgehead atoms. The first-order chi connectivity index (χ1) is 15.1. The van der Waals surface area contributed by atoms with Crippen LogP contribution in [0.3, 0.4) is 0 Å². The number of likely N-dealkylation sites (tertiary alicyclic amines) is 1. The Morgan fingerprint density at radius 2 is 2.06 bits per heavy atom. The second kappa shape index (κ2) is 8.14. The largest absolute Gasteiger partial charge is 0.378 e. The standard InChI is InChI=1S/C22H25FN6O2/c1-15-3-2-7-28(15)22(30)25-16-4-5-18(23)17(13-16)19-6-8-29-20(14-24-21(29)26-19)27-9-11-31-12-10-27/h4-6,8,13-15H,2-3,7,9-12H2,1H3,(H,25,30)/t15-/m0/s1. The molecule has 31 heavy (non-hydrogen) atoms. The van der Waals surface area contributed by atoms with Crippen LogP contribution in [-0.2, 0) is 4.74 Å². The first-order valence-corrected chi connectivity index (χ1v) is 10.6. The van der Waals surface area contributed by atoms with Gasteiger partial charge < -0.3 is 19.9 Å². The predicted octanol–water partition coefficient (Wildman–Crippen LogP) is 3.39. The number of carbonyl (C=O) groups is 1. The van der Waals surface area contributed by atoms with Gasteiger partial charge in [0.05, 0.1) is 25.1 Å². The highest BCUT2D eigenvalue weighted by atomic mass is 19.1. The summed E-state index contributed by atoms with van der Waals surface area (Å²) in [5.74, 6) is 1.04. The lowest BCUT2D eigenvalue weighted by atomic mass is 10.1. The smallest absolute Gasteiger partial charge is 0.322 e. The van der Waals surface area contributed by atoms with Gasteiger partial charge in [-0.05, 0) is 44.0 Å². The average Bonchev–Trinajstić information content (AvgIpc) is 3.41. The molecule has 0 saturated carbocycles. The normalized spacial score (nSPS) is 19.2. The number of imidazole rings is 1. The number of ether oxygens (including phenoxy) is 1. The number of halogens is 1. The zero-order valence-corrected chi connectivity index (χ0v) is 17.4. The molecule has 2 aliphatic rings. The summed E-state index contributed by atoms with van der Waals surface area (Å²) in [6, 6.07) is 6.38. The number of aromatic nitrogens is 3. The highest BCUT2D eigenvalue weighted by molar-refractivity contribution is 5.90. The van der Waals surface area contributed by atoms with Crippen molar-refractivity contribution in [2.45, 2.75) is 25.8 Å². The number of rotatable bonds is 3. The van der Waals surface area contributed by atoms with Crippen LogP contribution in [0.25, 0.3) is 17.0 Å². The molecule has 8 nitrogen and oxygen atoms in total. The van der Waals surface area contributed by atoms with Gasteiger partial charge in [0.25, 0.3) is 0 Å². The molecule has 0 spiro atoms. The van der Waals surface area contributed by atoms with Gasteiger partial charge in [-0.25, -0.2) is 19.2 Å². The van der Waals surface area contributed by atoms with Crippen LogP contribution in [-0.4, -0.2) is 64.2 Å². The van der Waals surface area contributed by atoms with Crippen molar-refractivity contribution in [1.82, 2.24) is 19.3 Å². The fraction of sp³-hybridized carbons (Fsp3) is 0.409. The third kappa shape index (κ3) is 3.81. The molecule has 2 amide bonds. The van der Waals surface area contributed by atoms with Crippen molar-refractivity contribution in [3.8, 4) is 11.3 Å². The summed E-state index contributed by atoms with van der Waals surface area (Å²) in [5, 5.41) is 2.89. The number of fused-ring (bicyclic) bond motifs is 1. The minimum Gasteiger partial charge on any atom is -0.378 e. The Labute approximate surface area is 179 Å². The molecule has 1 N–H and O–H groups in total. The lowest BCUT2D eigenvalue weighted by Gasteiger charge is -2.27. The lowest BCUT2D eigenvalue weighted by Crippen LogP contribution is -2.37. The number of hydrogen-bond acceptors (Lipinski definition) is 5. The number of hydrogen-bond donors (Lipinski definition) is 1. The number of morpholine rings is 1. The predicted molar refractivity (Wildman–Crippen MR) is 116 cm³/mol. The summed E-state index contributed by atoms with van der Waals surface area (Å²) in [6.45, 7) is 5.72. The van der Waals surface area contributed by atoms with Crippen molar-refractivity contribution < 1.29 is 13.9 Å². The first kappa shape index (κ1) is 19.7. The fourth-order valence-corrected chi connectivity index (χ4v) is 4.26. The zero-order chi connectivity index (χ0) is 21.4. The fourth-order valence-electron chi connectivity index (χ4n) is 4.26. The topological polar surface area (TPSA) is 75.0 Å². The number of carbonyl (C=O) groups excluding carboxylic acids is 1. The number of anilines is 2. The van der Waals surface area contributed by atoms with E-state index in [4.69, 9.17) is 4.74 Å².